The highest BCUT2D eigenvalue weighted by molar-refractivity contribution is 6.07. The van der Waals surface area contributed by atoms with E-state index in [0.717, 1.165) is 5.39 Å². The van der Waals surface area contributed by atoms with Crippen LogP contribution in [0.5, 0.6) is 5.75 Å². The minimum absolute atomic E-state index is 0.00897. The number of methoxy groups -OCH3 is 1. The first-order chi connectivity index (χ1) is 13.6. The van der Waals surface area contributed by atoms with Crippen LogP contribution in [0.4, 0.5) is 10.1 Å². The lowest BCUT2D eigenvalue weighted by atomic mass is 10.1. The molecule has 4 aromatic rings. The predicted molar refractivity (Wildman–Crippen MR) is 102 cm³/mol. The van der Waals surface area contributed by atoms with Gasteiger partial charge in [-0.1, -0.05) is 0 Å². The summed E-state index contributed by atoms with van der Waals surface area (Å²) in [6, 6.07) is 12.9. The summed E-state index contributed by atoms with van der Waals surface area (Å²) in [7, 11) is 1.57. The van der Waals surface area contributed by atoms with Crippen LogP contribution in [0.3, 0.4) is 0 Å². The number of nitrogens with zero attached hydrogens (tertiary/aromatic N) is 4. The average molecular weight is 377 g/mol. The molecule has 0 aliphatic rings. The van der Waals surface area contributed by atoms with Gasteiger partial charge in [-0.25, -0.2) is 14.1 Å². The Morgan fingerprint density at radius 1 is 1.14 bits per heavy atom. The summed E-state index contributed by atoms with van der Waals surface area (Å²) in [4.78, 5) is 21.2. The maximum absolute atomic E-state index is 13.1. The van der Waals surface area contributed by atoms with Gasteiger partial charge in [0.25, 0.3) is 5.91 Å². The van der Waals surface area contributed by atoms with Gasteiger partial charge in [0.2, 0.25) is 5.82 Å². The van der Waals surface area contributed by atoms with Crippen molar-refractivity contribution < 1.29 is 13.9 Å². The Morgan fingerprint density at radius 2 is 1.93 bits per heavy atom. The highest BCUT2D eigenvalue weighted by Crippen LogP contribution is 2.29. The van der Waals surface area contributed by atoms with Crippen LogP contribution >= 0.6 is 0 Å². The quantitative estimate of drug-likeness (QED) is 0.588. The molecule has 0 aliphatic carbocycles. The molecule has 2 aromatic carbocycles. The highest BCUT2D eigenvalue weighted by Gasteiger charge is 2.17. The van der Waals surface area contributed by atoms with Crippen molar-refractivity contribution >= 4 is 22.5 Å². The fourth-order valence-corrected chi connectivity index (χ4v) is 2.91. The van der Waals surface area contributed by atoms with Crippen LogP contribution in [0.15, 0.2) is 54.7 Å². The predicted octanol–water partition coefficient (Wildman–Crippen LogP) is 3.52. The third-order valence-corrected chi connectivity index (χ3v) is 4.24. The van der Waals surface area contributed by atoms with Crippen molar-refractivity contribution in [2.45, 2.75) is 6.92 Å². The van der Waals surface area contributed by atoms with E-state index in [0.29, 0.717) is 28.5 Å². The molecule has 0 bridgehead atoms. The number of hydrogen-bond donors (Lipinski definition) is 1. The molecule has 0 fully saturated rings. The smallest absolute Gasteiger partial charge is 0.295 e. The van der Waals surface area contributed by atoms with E-state index in [9.17, 15) is 9.18 Å². The number of aromatic nitrogens is 4. The summed E-state index contributed by atoms with van der Waals surface area (Å²) in [6.45, 7) is 1.72. The Kier molecular flexibility index (Phi) is 4.44. The molecule has 140 valence electrons. The molecule has 0 unspecified atom stereocenters. The van der Waals surface area contributed by atoms with Gasteiger partial charge < -0.3 is 10.1 Å². The highest BCUT2D eigenvalue weighted by atomic mass is 19.1. The number of benzene rings is 2. The monoisotopic (exact) mass is 377 g/mol. The fraction of sp³-hybridized carbons (Fsp3) is 0.100. The molecule has 2 aromatic heterocycles. The van der Waals surface area contributed by atoms with Crippen LogP contribution in [0.2, 0.25) is 0 Å². The molecule has 4 rings (SSSR count). The molecular weight excluding hydrogens is 361 g/mol. The molecule has 0 saturated carbocycles. The van der Waals surface area contributed by atoms with Gasteiger partial charge in [-0.15, -0.1) is 5.10 Å². The van der Waals surface area contributed by atoms with Crippen LogP contribution in [0.25, 0.3) is 16.6 Å². The van der Waals surface area contributed by atoms with Crippen molar-refractivity contribution in [2.24, 2.45) is 0 Å². The largest absolute Gasteiger partial charge is 0.494 e. The van der Waals surface area contributed by atoms with Gasteiger partial charge in [-0.05, 0) is 55.5 Å². The molecule has 2 heterocycles. The van der Waals surface area contributed by atoms with E-state index in [1.165, 1.54) is 16.8 Å². The number of rotatable bonds is 4. The van der Waals surface area contributed by atoms with Crippen LogP contribution in [-0.2, 0) is 0 Å². The summed E-state index contributed by atoms with van der Waals surface area (Å²) in [5.74, 6) is 0.328. The molecule has 0 saturated heterocycles. The summed E-state index contributed by atoms with van der Waals surface area (Å²) in [5.41, 5.74) is 1.83. The van der Waals surface area contributed by atoms with Crippen molar-refractivity contribution in [3.05, 3.63) is 72.2 Å². The van der Waals surface area contributed by atoms with Crippen LogP contribution < -0.4 is 10.1 Å². The number of aryl methyl sites for hydroxylation is 1. The normalized spacial score (nSPS) is 10.8. The number of nitrogens with one attached hydrogen (secondary N) is 1. The number of amides is 1. The molecule has 0 spiro atoms. The van der Waals surface area contributed by atoms with Crippen molar-refractivity contribution in [1.82, 2.24) is 19.7 Å². The molecule has 1 amide bonds. The lowest BCUT2D eigenvalue weighted by molar-refractivity contribution is 0.101. The zero-order valence-electron chi connectivity index (χ0n) is 15.2. The van der Waals surface area contributed by atoms with E-state index in [2.05, 4.69) is 20.4 Å². The van der Waals surface area contributed by atoms with Crippen molar-refractivity contribution in [3.8, 4) is 11.4 Å². The lowest BCUT2D eigenvalue weighted by Gasteiger charge is -2.09. The first-order valence-electron chi connectivity index (χ1n) is 8.49. The first kappa shape index (κ1) is 17.6. The first-order valence-corrected chi connectivity index (χ1v) is 8.49. The van der Waals surface area contributed by atoms with Crippen molar-refractivity contribution in [3.63, 3.8) is 0 Å². The minimum Gasteiger partial charge on any atom is -0.494 e. The van der Waals surface area contributed by atoms with E-state index in [1.54, 1.807) is 50.6 Å². The van der Waals surface area contributed by atoms with E-state index in [-0.39, 0.29) is 11.6 Å². The number of halogens is 1. The number of pyridine rings is 1. The van der Waals surface area contributed by atoms with Crippen molar-refractivity contribution in [2.75, 3.05) is 12.4 Å². The Morgan fingerprint density at radius 3 is 2.68 bits per heavy atom. The van der Waals surface area contributed by atoms with Gasteiger partial charge >= 0.3 is 0 Å². The number of anilines is 1. The van der Waals surface area contributed by atoms with Crippen LogP contribution in [0, 0.1) is 12.7 Å². The van der Waals surface area contributed by atoms with Gasteiger partial charge in [-0.3, -0.25) is 9.78 Å². The number of hydrogen-bond acceptors (Lipinski definition) is 5. The van der Waals surface area contributed by atoms with E-state index in [1.807, 2.05) is 6.07 Å². The van der Waals surface area contributed by atoms with Gasteiger partial charge in [0.05, 0.1) is 18.5 Å². The standard InChI is InChI=1S/C20H16FN5O2/c1-12-23-19(25-26(12)14-7-5-13(21)6-8-14)20(27)24-16-9-10-17(28-2)18-15(16)4-3-11-22-18/h3-11H,1-2H3,(H,24,27). The summed E-state index contributed by atoms with van der Waals surface area (Å²) < 4.78 is 19.9. The van der Waals surface area contributed by atoms with Gasteiger partial charge in [-0.2, -0.15) is 0 Å². The third-order valence-electron chi connectivity index (χ3n) is 4.24. The molecule has 1 N–H and O–H groups in total. The van der Waals surface area contributed by atoms with E-state index >= 15 is 0 Å². The molecule has 7 nitrogen and oxygen atoms in total. The Balaban J connectivity index is 1.66. The second-order valence-electron chi connectivity index (χ2n) is 6.04. The van der Waals surface area contributed by atoms with E-state index in [4.69, 9.17) is 4.74 Å². The average Bonchev–Trinajstić information content (AvgIpc) is 3.10. The second-order valence-corrected chi connectivity index (χ2v) is 6.04. The second kappa shape index (κ2) is 7.07. The number of ether oxygens (including phenoxy) is 1. The molecule has 8 heteroatoms. The third kappa shape index (κ3) is 3.16. The fourth-order valence-electron chi connectivity index (χ4n) is 2.91. The Hall–Kier alpha value is -3.81. The summed E-state index contributed by atoms with van der Waals surface area (Å²) >= 11 is 0. The molecule has 0 atom stereocenters. The molecule has 0 radical (unpaired) electrons. The Labute approximate surface area is 159 Å². The minimum atomic E-state index is -0.459. The molecule has 28 heavy (non-hydrogen) atoms. The topological polar surface area (TPSA) is 81.9 Å². The summed E-state index contributed by atoms with van der Waals surface area (Å²) in [6.07, 6.45) is 1.66. The van der Waals surface area contributed by atoms with Crippen LogP contribution in [0.1, 0.15) is 16.4 Å². The lowest BCUT2D eigenvalue weighted by Crippen LogP contribution is -2.14. The van der Waals surface area contributed by atoms with Crippen molar-refractivity contribution in [1.29, 1.82) is 0 Å². The van der Waals surface area contributed by atoms with Gasteiger partial charge in [0, 0.05) is 11.6 Å². The van der Waals surface area contributed by atoms with E-state index < -0.39 is 5.91 Å². The zero-order chi connectivity index (χ0) is 19.7. The number of fused-ring (bicyclic) bond motifs is 1. The molecule has 0 aliphatic heterocycles. The van der Waals surface area contributed by atoms with Crippen LogP contribution in [-0.4, -0.2) is 32.8 Å². The Bertz CT molecular complexity index is 1170. The molecular formula is C20H16FN5O2. The zero-order valence-corrected chi connectivity index (χ0v) is 15.2. The maximum atomic E-state index is 13.1. The SMILES string of the molecule is COc1ccc(NC(=O)c2nc(C)n(-c3ccc(F)cc3)n2)c2cccnc12. The number of carbonyl (C=O) groups is 1. The summed E-state index contributed by atoms with van der Waals surface area (Å²) in [5, 5.41) is 7.81. The van der Waals surface area contributed by atoms with Gasteiger partial charge in [0.15, 0.2) is 0 Å². The van der Waals surface area contributed by atoms with Gasteiger partial charge in [0.1, 0.15) is 22.9 Å². The maximum Gasteiger partial charge on any atom is 0.295 e. The number of carbonyl (C=O) groups excluding carboxylic acids is 1.